The van der Waals surface area contributed by atoms with Gasteiger partial charge in [0.2, 0.25) is 0 Å². The molecule has 1 N–H and O–H groups in total. The third-order valence-corrected chi connectivity index (χ3v) is 4.14. The lowest BCUT2D eigenvalue weighted by atomic mass is 9.96. The van der Waals surface area contributed by atoms with E-state index in [1.165, 1.54) is 7.11 Å². The minimum atomic E-state index is -0.216. The maximum absolute atomic E-state index is 11.6. The molecule has 5 heteroatoms. The smallest absolute Gasteiger partial charge is 0.308 e. The summed E-state index contributed by atoms with van der Waals surface area (Å²) in [5, 5.41) is 9.38. The molecule has 0 heterocycles. The van der Waals surface area contributed by atoms with Crippen molar-refractivity contribution in [2.45, 2.75) is 20.0 Å². The minimum Gasteiger partial charge on any atom is -0.496 e. The van der Waals surface area contributed by atoms with Gasteiger partial charge >= 0.3 is 5.97 Å². The van der Waals surface area contributed by atoms with E-state index in [4.69, 9.17) is 14.2 Å². The fourth-order valence-electron chi connectivity index (χ4n) is 2.79. The first-order chi connectivity index (χ1) is 12.0. The maximum Gasteiger partial charge on any atom is 0.308 e. The summed E-state index contributed by atoms with van der Waals surface area (Å²) in [7, 11) is 4.58. The van der Waals surface area contributed by atoms with E-state index in [0.717, 1.165) is 22.3 Å². The van der Waals surface area contributed by atoms with E-state index in [0.29, 0.717) is 17.9 Å². The van der Waals surface area contributed by atoms with Gasteiger partial charge in [-0.05, 0) is 35.2 Å². The molecule has 0 saturated heterocycles. The van der Waals surface area contributed by atoms with Crippen molar-refractivity contribution in [2.75, 3.05) is 21.3 Å². The number of carbonyl (C=O) groups excluding carboxylic acids is 1. The van der Waals surface area contributed by atoms with Crippen LogP contribution in [0.2, 0.25) is 0 Å². The molecule has 2 aromatic carbocycles. The number of rotatable bonds is 7. The van der Waals surface area contributed by atoms with Gasteiger partial charge in [-0.3, -0.25) is 4.79 Å². The molecule has 0 amide bonds. The normalized spacial score (nSPS) is 11.7. The zero-order valence-corrected chi connectivity index (χ0v) is 15.0. The van der Waals surface area contributed by atoms with Crippen LogP contribution in [0.25, 0.3) is 11.1 Å². The van der Waals surface area contributed by atoms with Crippen LogP contribution in [0.15, 0.2) is 36.4 Å². The van der Waals surface area contributed by atoms with E-state index in [1.54, 1.807) is 26.4 Å². The third-order valence-electron chi connectivity index (χ3n) is 4.14. The maximum atomic E-state index is 11.6. The number of aliphatic hydroxyl groups excluding tert-OH is 1. The summed E-state index contributed by atoms with van der Waals surface area (Å²) in [6.45, 7) is 1.76. The molecule has 0 fully saturated rings. The van der Waals surface area contributed by atoms with Crippen molar-refractivity contribution < 1.29 is 24.1 Å². The van der Waals surface area contributed by atoms with Gasteiger partial charge in [0.1, 0.15) is 11.5 Å². The van der Waals surface area contributed by atoms with Gasteiger partial charge in [0.15, 0.2) is 0 Å². The molecule has 2 aromatic rings. The number of hydrogen-bond donors (Lipinski definition) is 1. The van der Waals surface area contributed by atoms with Crippen LogP contribution >= 0.6 is 0 Å². The Morgan fingerprint density at radius 1 is 1.00 bits per heavy atom. The Kier molecular flexibility index (Phi) is 6.42. The molecule has 1 atom stereocenters. The molecule has 0 saturated carbocycles. The molecule has 0 aliphatic heterocycles. The molecule has 0 aliphatic carbocycles. The second kappa shape index (κ2) is 8.53. The van der Waals surface area contributed by atoms with E-state index in [-0.39, 0.29) is 18.5 Å². The van der Waals surface area contributed by atoms with Crippen LogP contribution < -0.4 is 9.47 Å². The monoisotopic (exact) mass is 344 g/mol. The lowest BCUT2D eigenvalue weighted by molar-refractivity contribution is -0.144. The van der Waals surface area contributed by atoms with Gasteiger partial charge < -0.3 is 19.3 Å². The van der Waals surface area contributed by atoms with Crippen LogP contribution in [0.4, 0.5) is 0 Å². The molecule has 5 nitrogen and oxygen atoms in total. The number of aliphatic hydroxyl groups is 1. The van der Waals surface area contributed by atoms with E-state index >= 15 is 0 Å². The summed E-state index contributed by atoms with van der Waals surface area (Å²) < 4.78 is 15.7. The Labute approximate surface area is 148 Å². The summed E-state index contributed by atoms with van der Waals surface area (Å²) in [5.41, 5.74) is 3.54. The zero-order chi connectivity index (χ0) is 18.4. The van der Waals surface area contributed by atoms with E-state index in [9.17, 15) is 9.90 Å². The van der Waals surface area contributed by atoms with Gasteiger partial charge in [0.25, 0.3) is 0 Å². The molecular weight excluding hydrogens is 320 g/mol. The highest BCUT2D eigenvalue weighted by molar-refractivity contribution is 5.78. The first-order valence-electron chi connectivity index (χ1n) is 8.06. The predicted octanol–water partition coefficient (Wildman–Crippen LogP) is 3.21. The van der Waals surface area contributed by atoms with Gasteiger partial charge in [-0.25, -0.2) is 0 Å². The van der Waals surface area contributed by atoms with Crippen molar-refractivity contribution in [1.29, 1.82) is 0 Å². The summed E-state index contributed by atoms with van der Waals surface area (Å²) in [4.78, 5) is 11.6. The topological polar surface area (TPSA) is 65.0 Å². The highest BCUT2D eigenvalue weighted by Gasteiger charge is 2.16. The molecular formula is C20H24O5. The second-order valence-corrected chi connectivity index (χ2v) is 5.86. The number of carbonyl (C=O) groups is 1. The molecule has 134 valence electrons. The molecule has 0 aliphatic rings. The lowest BCUT2D eigenvalue weighted by Gasteiger charge is -2.16. The first-order valence-corrected chi connectivity index (χ1v) is 8.06. The van der Waals surface area contributed by atoms with Crippen molar-refractivity contribution in [1.82, 2.24) is 0 Å². The molecule has 2 rings (SSSR count). The number of benzene rings is 2. The Morgan fingerprint density at radius 2 is 1.56 bits per heavy atom. The fraction of sp³-hybridized carbons (Fsp3) is 0.350. The van der Waals surface area contributed by atoms with Crippen molar-refractivity contribution in [2.24, 2.45) is 5.92 Å². The Morgan fingerprint density at radius 3 is 2.00 bits per heavy atom. The Bertz CT molecular complexity index is 696. The molecule has 0 spiro atoms. The van der Waals surface area contributed by atoms with Crippen LogP contribution in [-0.4, -0.2) is 32.4 Å². The molecule has 0 aromatic heterocycles. The van der Waals surface area contributed by atoms with Crippen LogP contribution in [0.1, 0.15) is 18.1 Å². The van der Waals surface area contributed by atoms with Crippen molar-refractivity contribution in [3.8, 4) is 22.6 Å². The van der Waals surface area contributed by atoms with Gasteiger partial charge in [0, 0.05) is 0 Å². The van der Waals surface area contributed by atoms with Crippen molar-refractivity contribution in [3.05, 3.63) is 47.5 Å². The number of esters is 1. The Balaban J connectivity index is 2.35. The van der Waals surface area contributed by atoms with Gasteiger partial charge in [0.05, 0.1) is 39.4 Å². The summed E-state index contributed by atoms with van der Waals surface area (Å²) in [5.74, 6) is 0.869. The fourth-order valence-corrected chi connectivity index (χ4v) is 2.79. The van der Waals surface area contributed by atoms with Crippen LogP contribution in [0, 0.1) is 5.92 Å². The predicted molar refractivity (Wildman–Crippen MR) is 95.8 cm³/mol. The van der Waals surface area contributed by atoms with E-state index < -0.39 is 0 Å². The quantitative estimate of drug-likeness (QED) is 0.781. The minimum absolute atomic E-state index is 0.0860. The average molecular weight is 344 g/mol. The van der Waals surface area contributed by atoms with Gasteiger partial charge in [-0.2, -0.15) is 0 Å². The van der Waals surface area contributed by atoms with Gasteiger partial charge in [-0.15, -0.1) is 0 Å². The number of methoxy groups -OCH3 is 3. The Hall–Kier alpha value is -2.53. The van der Waals surface area contributed by atoms with Crippen molar-refractivity contribution in [3.63, 3.8) is 0 Å². The van der Waals surface area contributed by atoms with E-state index in [1.807, 2.05) is 31.2 Å². The lowest BCUT2D eigenvalue weighted by Crippen LogP contribution is -2.14. The largest absolute Gasteiger partial charge is 0.496 e. The second-order valence-electron chi connectivity index (χ2n) is 5.86. The van der Waals surface area contributed by atoms with Gasteiger partial charge in [-0.1, -0.05) is 31.2 Å². The average Bonchev–Trinajstić information content (AvgIpc) is 2.66. The third kappa shape index (κ3) is 4.31. The summed E-state index contributed by atoms with van der Waals surface area (Å²) >= 11 is 0. The van der Waals surface area contributed by atoms with Crippen molar-refractivity contribution >= 4 is 5.97 Å². The standard InChI is InChI=1S/C20H24O5/c1-13(20(22)25-4)9-14-5-7-16(8-6-14)19-17(23-2)10-15(12-21)11-18(19)24-3/h5-8,10-11,13,21H,9,12H2,1-4H3/t13-/m0/s1. The highest BCUT2D eigenvalue weighted by Crippen LogP contribution is 2.39. The van der Waals surface area contributed by atoms with Crippen LogP contribution in [-0.2, 0) is 22.6 Å². The summed E-state index contributed by atoms with van der Waals surface area (Å²) in [6.07, 6.45) is 0.616. The van der Waals surface area contributed by atoms with Crippen LogP contribution in [0.3, 0.4) is 0 Å². The SMILES string of the molecule is COC(=O)[C@@H](C)Cc1ccc(-c2c(OC)cc(CO)cc2OC)cc1. The molecule has 0 unspecified atom stereocenters. The van der Waals surface area contributed by atoms with E-state index in [2.05, 4.69) is 0 Å². The zero-order valence-electron chi connectivity index (χ0n) is 15.0. The highest BCUT2D eigenvalue weighted by atomic mass is 16.5. The first kappa shape index (κ1) is 18.8. The number of hydrogen-bond acceptors (Lipinski definition) is 5. The number of ether oxygens (including phenoxy) is 3. The van der Waals surface area contributed by atoms with Crippen LogP contribution in [0.5, 0.6) is 11.5 Å². The molecule has 25 heavy (non-hydrogen) atoms. The molecule has 0 bridgehead atoms. The molecule has 0 radical (unpaired) electrons. The summed E-state index contributed by atoms with van der Waals surface area (Å²) in [6, 6.07) is 11.5.